The van der Waals surface area contributed by atoms with Crippen LogP contribution >= 0.6 is 11.6 Å². The van der Waals surface area contributed by atoms with Gasteiger partial charge in [0.1, 0.15) is 5.75 Å². The first-order valence-corrected chi connectivity index (χ1v) is 6.46. The molecule has 1 atom stereocenters. The van der Waals surface area contributed by atoms with E-state index < -0.39 is 0 Å². The third-order valence-electron chi connectivity index (χ3n) is 2.90. The lowest BCUT2D eigenvalue weighted by atomic mass is 10.2. The fraction of sp³-hybridized carbons (Fsp3) is 0.357. The predicted molar refractivity (Wildman–Crippen MR) is 73.2 cm³/mol. The molecule has 96 valence electrons. The van der Waals surface area contributed by atoms with Crippen molar-refractivity contribution in [3.05, 3.63) is 47.8 Å². The average Bonchev–Trinajstić information content (AvgIpc) is 2.87. The van der Waals surface area contributed by atoms with Crippen molar-refractivity contribution in [2.45, 2.75) is 25.3 Å². The molecule has 1 aromatic carbocycles. The van der Waals surface area contributed by atoms with Crippen LogP contribution in [0, 0.1) is 0 Å². The molecule has 18 heavy (non-hydrogen) atoms. The van der Waals surface area contributed by atoms with Gasteiger partial charge >= 0.3 is 0 Å². The van der Waals surface area contributed by atoms with Crippen molar-refractivity contribution in [2.75, 3.05) is 7.11 Å². The van der Waals surface area contributed by atoms with Crippen LogP contribution in [-0.2, 0) is 6.54 Å². The smallest absolute Gasteiger partial charge is 0.123 e. The van der Waals surface area contributed by atoms with Gasteiger partial charge in [-0.1, -0.05) is 25.1 Å². The standard InChI is InChI=1S/C14H17ClN2O/c1-3-13(15)12-8-16-17(10-12)9-11-6-4-5-7-14(11)18-2/h4-8,10,13H,3,9H2,1-2H3. The SMILES string of the molecule is CCC(Cl)c1cnn(Cc2ccccc2OC)c1. The fourth-order valence-corrected chi connectivity index (χ4v) is 1.98. The van der Waals surface area contributed by atoms with Gasteiger partial charge in [-0.3, -0.25) is 4.68 Å². The van der Waals surface area contributed by atoms with E-state index in [0.29, 0.717) is 6.54 Å². The van der Waals surface area contributed by atoms with Gasteiger partial charge in [-0.25, -0.2) is 0 Å². The van der Waals surface area contributed by atoms with Gasteiger partial charge in [-0.15, -0.1) is 11.6 Å². The van der Waals surface area contributed by atoms with Crippen molar-refractivity contribution in [1.82, 2.24) is 9.78 Å². The van der Waals surface area contributed by atoms with Gasteiger partial charge < -0.3 is 4.74 Å². The number of hydrogen-bond acceptors (Lipinski definition) is 2. The molecule has 0 aliphatic rings. The van der Waals surface area contributed by atoms with Crippen LogP contribution in [0.4, 0.5) is 0 Å². The molecule has 1 heterocycles. The second-order valence-electron chi connectivity index (χ2n) is 4.16. The minimum atomic E-state index is 0.0384. The van der Waals surface area contributed by atoms with Crippen LogP contribution in [0.15, 0.2) is 36.7 Å². The van der Waals surface area contributed by atoms with Crippen LogP contribution in [0.2, 0.25) is 0 Å². The zero-order chi connectivity index (χ0) is 13.0. The first-order valence-electron chi connectivity index (χ1n) is 6.03. The average molecular weight is 265 g/mol. The molecule has 3 nitrogen and oxygen atoms in total. The molecule has 0 N–H and O–H groups in total. The Bertz CT molecular complexity index is 510. The van der Waals surface area contributed by atoms with Gasteiger partial charge in [-0.05, 0) is 12.5 Å². The van der Waals surface area contributed by atoms with E-state index >= 15 is 0 Å². The molecule has 0 amide bonds. The van der Waals surface area contributed by atoms with E-state index in [4.69, 9.17) is 16.3 Å². The van der Waals surface area contributed by atoms with Crippen LogP contribution < -0.4 is 4.74 Å². The van der Waals surface area contributed by atoms with Gasteiger partial charge in [0.05, 0.1) is 25.2 Å². The number of benzene rings is 1. The van der Waals surface area contributed by atoms with E-state index in [2.05, 4.69) is 12.0 Å². The Morgan fingerprint density at radius 3 is 2.89 bits per heavy atom. The Labute approximate surface area is 112 Å². The van der Waals surface area contributed by atoms with Crippen molar-refractivity contribution < 1.29 is 4.74 Å². The second-order valence-corrected chi connectivity index (χ2v) is 4.69. The number of para-hydroxylation sites is 1. The minimum Gasteiger partial charge on any atom is -0.496 e. The number of ether oxygens (including phenoxy) is 1. The molecule has 0 saturated heterocycles. The summed E-state index contributed by atoms with van der Waals surface area (Å²) in [6.07, 6.45) is 4.73. The van der Waals surface area contributed by atoms with Gasteiger partial charge in [0.15, 0.2) is 0 Å². The quantitative estimate of drug-likeness (QED) is 0.771. The largest absolute Gasteiger partial charge is 0.496 e. The van der Waals surface area contributed by atoms with Crippen molar-refractivity contribution in [3.63, 3.8) is 0 Å². The lowest BCUT2D eigenvalue weighted by Gasteiger charge is -2.08. The van der Waals surface area contributed by atoms with Gasteiger partial charge in [0, 0.05) is 17.3 Å². The highest BCUT2D eigenvalue weighted by atomic mass is 35.5. The summed E-state index contributed by atoms with van der Waals surface area (Å²) in [5.74, 6) is 0.882. The fourth-order valence-electron chi connectivity index (χ4n) is 1.87. The third kappa shape index (κ3) is 2.85. The molecule has 1 unspecified atom stereocenters. The Kier molecular flexibility index (Phi) is 4.26. The molecule has 0 aliphatic heterocycles. The molecule has 2 rings (SSSR count). The molecule has 0 fully saturated rings. The maximum absolute atomic E-state index is 6.19. The summed E-state index contributed by atoms with van der Waals surface area (Å²) in [4.78, 5) is 0. The normalized spacial score (nSPS) is 12.4. The third-order valence-corrected chi connectivity index (χ3v) is 3.46. The lowest BCUT2D eigenvalue weighted by Crippen LogP contribution is -2.02. The number of halogens is 1. The number of methoxy groups -OCH3 is 1. The summed E-state index contributed by atoms with van der Waals surface area (Å²) in [5, 5.41) is 4.37. The highest BCUT2D eigenvalue weighted by Gasteiger charge is 2.09. The summed E-state index contributed by atoms with van der Waals surface area (Å²) in [6, 6.07) is 7.95. The maximum Gasteiger partial charge on any atom is 0.123 e. The highest BCUT2D eigenvalue weighted by molar-refractivity contribution is 6.20. The van der Waals surface area contributed by atoms with Crippen LogP contribution in [0.1, 0.15) is 29.8 Å². The predicted octanol–water partition coefficient (Wildman–Crippen LogP) is 3.63. The van der Waals surface area contributed by atoms with Gasteiger partial charge in [0.2, 0.25) is 0 Å². The number of aromatic nitrogens is 2. The number of rotatable bonds is 5. The summed E-state index contributed by atoms with van der Waals surface area (Å²) in [7, 11) is 1.68. The highest BCUT2D eigenvalue weighted by Crippen LogP contribution is 2.24. The van der Waals surface area contributed by atoms with Crippen LogP contribution in [0.5, 0.6) is 5.75 Å². The van der Waals surface area contributed by atoms with Crippen LogP contribution in [0.3, 0.4) is 0 Å². The maximum atomic E-state index is 6.19. The van der Waals surface area contributed by atoms with Crippen molar-refractivity contribution in [3.8, 4) is 5.75 Å². The Morgan fingerprint density at radius 2 is 2.17 bits per heavy atom. The van der Waals surface area contributed by atoms with Crippen molar-refractivity contribution >= 4 is 11.6 Å². The van der Waals surface area contributed by atoms with E-state index in [0.717, 1.165) is 23.3 Å². The Balaban J connectivity index is 2.16. The number of nitrogens with zero attached hydrogens (tertiary/aromatic N) is 2. The van der Waals surface area contributed by atoms with Crippen molar-refractivity contribution in [1.29, 1.82) is 0 Å². The van der Waals surface area contributed by atoms with E-state index in [1.54, 1.807) is 7.11 Å². The molecule has 0 spiro atoms. The summed E-state index contributed by atoms with van der Waals surface area (Å²) >= 11 is 6.19. The summed E-state index contributed by atoms with van der Waals surface area (Å²) < 4.78 is 7.21. The van der Waals surface area contributed by atoms with E-state index in [9.17, 15) is 0 Å². The molecule has 0 bridgehead atoms. The molecule has 0 radical (unpaired) electrons. The molecule has 0 saturated carbocycles. The van der Waals surface area contributed by atoms with E-state index in [-0.39, 0.29) is 5.38 Å². The first kappa shape index (κ1) is 13.0. The van der Waals surface area contributed by atoms with E-state index in [1.165, 1.54) is 0 Å². The molecule has 2 aromatic rings. The van der Waals surface area contributed by atoms with Crippen LogP contribution in [0.25, 0.3) is 0 Å². The number of alkyl halides is 1. The Morgan fingerprint density at radius 1 is 1.39 bits per heavy atom. The monoisotopic (exact) mass is 264 g/mol. The zero-order valence-electron chi connectivity index (χ0n) is 10.6. The van der Waals surface area contributed by atoms with Gasteiger partial charge in [-0.2, -0.15) is 5.10 Å². The number of hydrogen-bond donors (Lipinski definition) is 0. The molecular weight excluding hydrogens is 248 g/mol. The topological polar surface area (TPSA) is 27.1 Å². The molecule has 0 aliphatic carbocycles. The van der Waals surface area contributed by atoms with Gasteiger partial charge in [0.25, 0.3) is 0 Å². The van der Waals surface area contributed by atoms with Crippen LogP contribution in [-0.4, -0.2) is 16.9 Å². The summed E-state index contributed by atoms with van der Waals surface area (Å²) in [5.41, 5.74) is 2.17. The summed E-state index contributed by atoms with van der Waals surface area (Å²) in [6.45, 7) is 2.76. The van der Waals surface area contributed by atoms with E-state index in [1.807, 2.05) is 41.3 Å². The minimum absolute atomic E-state index is 0.0384. The molecule has 1 aromatic heterocycles. The Hall–Kier alpha value is -1.48. The zero-order valence-corrected chi connectivity index (χ0v) is 11.4. The molecular formula is C14H17ClN2O. The first-order chi connectivity index (χ1) is 8.74. The lowest BCUT2D eigenvalue weighted by molar-refractivity contribution is 0.407. The van der Waals surface area contributed by atoms with Crippen molar-refractivity contribution in [2.24, 2.45) is 0 Å². The second kappa shape index (κ2) is 5.91. The molecule has 4 heteroatoms.